The van der Waals surface area contributed by atoms with Crippen molar-refractivity contribution in [2.24, 2.45) is 15.9 Å². The summed E-state index contributed by atoms with van der Waals surface area (Å²) in [6, 6.07) is 13.7. The summed E-state index contributed by atoms with van der Waals surface area (Å²) in [5.74, 6) is 5.12. The molecular weight excluding hydrogens is 425 g/mol. The number of nitrogens with zero attached hydrogens (tertiary/aromatic N) is 5. The second-order valence-corrected chi connectivity index (χ2v) is 7.81. The zero-order valence-electron chi connectivity index (χ0n) is 18.5. The van der Waals surface area contributed by atoms with Crippen LogP contribution in [0.2, 0.25) is 0 Å². The molecule has 10 heteroatoms. The van der Waals surface area contributed by atoms with Gasteiger partial charge in [0, 0.05) is 16.7 Å². The molecule has 0 spiro atoms. The molecule has 0 saturated heterocycles. The number of hydrazone groups is 1. The fraction of sp³-hybridized carbons (Fsp3) is 0.217. The molecule has 9 nitrogen and oxygen atoms in total. The highest BCUT2D eigenvalue weighted by atomic mass is 19.1. The van der Waals surface area contributed by atoms with Gasteiger partial charge in [0.15, 0.2) is 0 Å². The largest absolute Gasteiger partial charge is 0.373 e. The zero-order valence-corrected chi connectivity index (χ0v) is 18.5. The van der Waals surface area contributed by atoms with Crippen LogP contribution in [0.1, 0.15) is 37.9 Å². The highest BCUT2D eigenvalue weighted by molar-refractivity contribution is 6.37. The van der Waals surface area contributed by atoms with Crippen molar-refractivity contribution >= 4 is 24.0 Å². The van der Waals surface area contributed by atoms with E-state index in [1.165, 1.54) is 12.3 Å². The molecule has 0 unspecified atom stereocenters. The molecule has 0 atom stereocenters. The van der Waals surface area contributed by atoms with Crippen molar-refractivity contribution in [3.05, 3.63) is 71.4 Å². The summed E-state index contributed by atoms with van der Waals surface area (Å²) in [4.78, 5) is 33.6. The quantitative estimate of drug-likeness (QED) is 0.345. The van der Waals surface area contributed by atoms with E-state index >= 15 is 0 Å². The summed E-state index contributed by atoms with van der Waals surface area (Å²) in [7, 11) is 0. The minimum absolute atomic E-state index is 0.0140. The van der Waals surface area contributed by atoms with Crippen molar-refractivity contribution in [2.75, 3.05) is 5.73 Å². The first-order chi connectivity index (χ1) is 15.7. The summed E-state index contributed by atoms with van der Waals surface area (Å²) in [6.45, 7) is 6.67. The second-order valence-electron chi connectivity index (χ2n) is 7.81. The molecule has 3 aromatic rings. The number of anilines is 1. The minimum atomic E-state index is -0.411. The highest BCUT2D eigenvalue weighted by Crippen LogP contribution is 2.22. The van der Waals surface area contributed by atoms with Crippen LogP contribution in [0.4, 0.5) is 10.3 Å². The van der Waals surface area contributed by atoms with Crippen LogP contribution in [-0.4, -0.2) is 33.0 Å². The molecule has 170 valence electrons. The van der Waals surface area contributed by atoms with Crippen LogP contribution in [0.15, 0.2) is 58.6 Å². The molecule has 0 fully saturated rings. The summed E-state index contributed by atoms with van der Waals surface area (Å²) < 4.78 is 14.1. The third-order valence-corrected chi connectivity index (χ3v) is 4.34. The molecule has 4 N–H and O–H groups in total. The number of hydrogen-bond donors (Lipinski definition) is 2. The minimum Gasteiger partial charge on any atom is -0.368 e. The van der Waals surface area contributed by atoms with Gasteiger partial charge in [0.1, 0.15) is 11.5 Å². The summed E-state index contributed by atoms with van der Waals surface area (Å²) in [5.41, 5.74) is 8.88. The van der Waals surface area contributed by atoms with Crippen LogP contribution in [0.25, 0.3) is 11.3 Å². The van der Waals surface area contributed by atoms with Gasteiger partial charge in [-0.1, -0.05) is 39.0 Å². The summed E-state index contributed by atoms with van der Waals surface area (Å²) in [5, 5.41) is 3.75. The molecule has 2 heterocycles. The predicted molar refractivity (Wildman–Crippen MR) is 123 cm³/mol. The van der Waals surface area contributed by atoms with E-state index in [2.05, 4.69) is 45.8 Å². The topological polar surface area (TPSA) is 150 Å². The van der Waals surface area contributed by atoms with Gasteiger partial charge in [-0.3, -0.25) is 9.98 Å². The third-order valence-electron chi connectivity index (χ3n) is 4.34. The Kier molecular flexibility index (Phi) is 8.59. The molecule has 0 radical (unpaired) electrons. The SMILES string of the molecule is CC(C)(C)c1cccc(CN=CC(=NN)c2cc(-c3ccccc3F)nc(N)n2)n1.O=C=O. The van der Waals surface area contributed by atoms with E-state index < -0.39 is 5.82 Å². The number of pyridine rings is 1. The Labute approximate surface area is 190 Å². The number of halogens is 1. The molecule has 0 aliphatic rings. The van der Waals surface area contributed by atoms with Gasteiger partial charge in [0.05, 0.1) is 29.8 Å². The van der Waals surface area contributed by atoms with E-state index in [4.69, 9.17) is 21.2 Å². The molecule has 0 aliphatic carbocycles. The lowest BCUT2D eigenvalue weighted by molar-refractivity contribution is -0.191. The zero-order chi connectivity index (χ0) is 24.4. The van der Waals surface area contributed by atoms with Gasteiger partial charge in [-0.15, -0.1) is 0 Å². The summed E-state index contributed by atoms with van der Waals surface area (Å²) >= 11 is 0. The maximum atomic E-state index is 14.1. The number of hydrogen-bond acceptors (Lipinski definition) is 9. The van der Waals surface area contributed by atoms with Crippen LogP contribution in [0, 0.1) is 5.82 Å². The van der Waals surface area contributed by atoms with Crippen molar-refractivity contribution in [3.63, 3.8) is 0 Å². The van der Waals surface area contributed by atoms with Crippen LogP contribution < -0.4 is 11.6 Å². The van der Waals surface area contributed by atoms with Crippen molar-refractivity contribution < 1.29 is 14.0 Å². The Bertz CT molecular complexity index is 1200. The highest BCUT2D eigenvalue weighted by Gasteiger charge is 2.15. The van der Waals surface area contributed by atoms with Crippen LogP contribution in [0.5, 0.6) is 0 Å². The van der Waals surface area contributed by atoms with Gasteiger partial charge >= 0.3 is 6.15 Å². The molecule has 3 rings (SSSR count). The number of carbonyl (C=O) groups excluding carboxylic acids is 2. The molecule has 1 aromatic carbocycles. The fourth-order valence-corrected chi connectivity index (χ4v) is 2.78. The van der Waals surface area contributed by atoms with E-state index in [-0.39, 0.29) is 17.5 Å². The first-order valence-corrected chi connectivity index (χ1v) is 9.82. The lowest BCUT2D eigenvalue weighted by Gasteiger charge is -2.17. The monoisotopic (exact) mass is 449 g/mol. The van der Waals surface area contributed by atoms with Crippen molar-refractivity contribution in [1.29, 1.82) is 0 Å². The number of nitrogens with two attached hydrogens (primary N) is 2. The van der Waals surface area contributed by atoms with Crippen molar-refractivity contribution in [1.82, 2.24) is 15.0 Å². The molecule has 0 bridgehead atoms. The second kappa shape index (κ2) is 11.4. The van der Waals surface area contributed by atoms with Crippen LogP contribution in [-0.2, 0) is 21.5 Å². The summed E-state index contributed by atoms with van der Waals surface area (Å²) in [6.07, 6.45) is 1.75. The number of aliphatic imine (C=N–C) groups is 1. The van der Waals surface area contributed by atoms with E-state index in [1.54, 1.807) is 24.3 Å². The van der Waals surface area contributed by atoms with E-state index in [9.17, 15) is 4.39 Å². The van der Waals surface area contributed by atoms with Gasteiger partial charge in [-0.25, -0.2) is 14.4 Å². The Morgan fingerprint density at radius 3 is 2.42 bits per heavy atom. The molecule has 2 aromatic heterocycles. The maximum Gasteiger partial charge on any atom is 0.373 e. The Hall–Kier alpha value is -4.30. The number of benzene rings is 1. The lowest BCUT2D eigenvalue weighted by Crippen LogP contribution is -2.14. The van der Waals surface area contributed by atoms with Crippen molar-refractivity contribution in [3.8, 4) is 11.3 Å². The van der Waals surface area contributed by atoms with Gasteiger partial charge in [0.2, 0.25) is 5.95 Å². The van der Waals surface area contributed by atoms with E-state index in [0.717, 1.165) is 11.4 Å². The standard InChI is InChI=1S/C22H24FN7.CO2/c1-22(2,3)20-10-6-7-14(27-20)12-26-13-19(30-25)18-11-17(28-21(24)29-18)15-8-4-5-9-16(15)23;2-1-3/h4-11,13H,12,25H2,1-3H3,(H2,24,28,29);. The van der Waals surface area contributed by atoms with Crippen LogP contribution >= 0.6 is 0 Å². The molecule has 0 saturated carbocycles. The Morgan fingerprint density at radius 1 is 1.09 bits per heavy atom. The fourth-order valence-electron chi connectivity index (χ4n) is 2.78. The van der Waals surface area contributed by atoms with E-state index in [0.29, 0.717) is 29.2 Å². The van der Waals surface area contributed by atoms with Gasteiger partial charge in [0.25, 0.3) is 0 Å². The van der Waals surface area contributed by atoms with Gasteiger partial charge in [-0.05, 0) is 30.3 Å². The molecule has 0 amide bonds. The first-order valence-electron chi connectivity index (χ1n) is 9.82. The smallest absolute Gasteiger partial charge is 0.368 e. The number of aromatic nitrogens is 3. The van der Waals surface area contributed by atoms with Gasteiger partial charge in [-0.2, -0.15) is 14.7 Å². The number of nitrogen functional groups attached to an aromatic ring is 1. The average molecular weight is 449 g/mol. The van der Waals surface area contributed by atoms with Crippen LogP contribution in [0.3, 0.4) is 0 Å². The lowest BCUT2D eigenvalue weighted by atomic mass is 9.91. The average Bonchev–Trinajstić information content (AvgIpc) is 2.77. The molecule has 33 heavy (non-hydrogen) atoms. The maximum absolute atomic E-state index is 14.1. The third kappa shape index (κ3) is 7.12. The van der Waals surface area contributed by atoms with E-state index in [1.807, 2.05) is 18.2 Å². The number of rotatable bonds is 5. The van der Waals surface area contributed by atoms with Crippen molar-refractivity contribution in [2.45, 2.75) is 32.7 Å². The normalized spacial score (nSPS) is 11.6. The molecular formula is C23H24FN7O2. The predicted octanol–water partition coefficient (Wildman–Crippen LogP) is 2.91. The Morgan fingerprint density at radius 2 is 1.79 bits per heavy atom. The molecule has 0 aliphatic heterocycles. The Balaban J connectivity index is 0.00000122. The van der Waals surface area contributed by atoms with Gasteiger partial charge < -0.3 is 11.6 Å². The first kappa shape index (κ1) is 25.0.